The van der Waals surface area contributed by atoms with E-state index in [2.05, 4.69) is 24.0 Å². The monoisotopic (exact) mass is 139 g/mol. The Morgan fingerprint density at radius 2 is 1.90 bits per heavy atom. The highest BCUT2D eigenvalue weighted by Gasteiger charge is 2.07. The van der Waals surface area contributed by atoms with Crippen LogP contribution in [-0.4, -0.2) is 15.0 Å². The van der Waals surface area contributed by atoms with Crippen molar-refractivity contribution in [3.8, 4) is 0 Å². The minimum atomic E-state index is 0.480. The summed E-state index contributed by atoms with van der Waals surface area (Å²) in [6, 6.07) is 0. The van der Waals surface area contributed by atoms with Crippen LogP contribution in [0.15, 0.2) is 0 Å². The van der Waals surface area contributed by atoms with E-state index in [0.29, 0.717) is 5.92 Å². The first-order chi connectivity index (χ1) is 4.61. The molecule has 0 aliphatic heterocycles. The van der Waals surface area contributed by atoms with Gasteiger partial charge in [0.1, 0.15) is 0 Å². The van der Waals surface area contributed by atoms with Gasteiger partial charge in [-0.15, -0.1) is 0 Å². The third-order valence-electron chi connectivity index (χ3n) is 1.46. The van der Waals surface area contributed by atoms with Gasteiger partial charge >= 0.3 is 0 Å². The van der Waals surface area contributed by atoms with Crippen molar-refractivity contribution in [1.29, 1.82) is 0 Å². The summed E-state index contributed by atoms with van der Waals surface area (Å²) in [5, 5.41) is 8.35. The Balaban J connectivity index is 3.03. The Labute approximate surface area is 61.1 Å². The van der Waals surface area contributed by atoms with Gasteiger partial charge in [-0.1, -0.05) is 13.8 Å². The number of hydrogen-bond acceptors (Lipinski definition) is 2. The fourth-order valence-corrected chi connectivity index (χ4v) is 1.05. The van der Waals surface area contributed by atoms with Crippen molar-refractivity contribution < 1.29 is 0 Å². The molecule has 0 spiro atoms. The van der Waals surface area contributed by atoms with E-state index < -0.39 is 0 Å². The molecular formula is C7H13N3. The van der Waals surface area contributed by atoms with E-state index in [1.165, 1.54) is 0 Å². The largest absolute Gasteiger partial charge is 0.188 e. The van der Waals surface area contributed by atoms with E-state index in [1.54, 1.807) is 4.80 Å². The van der Waals surface area contributed by atoms with Crippen molar-refractivity contribution in [2.75, 3.05) is 0 Å². The van der Waals surface area contributed by atoms with Crippen LogP contribution >= 0.6 is 0 Å². The molecule has 0 aliphatic carbocycles. The van der Waals surface area contributed by atoms with Crippen molar-refractivity contribution in [2.45, 2.75) is 26.7 Å². The maximum atomic E-state index is 4.22. The van der Waals surface area contributed by atoms with Gasteiger partial charge in [-0.2, -0.15) is 15.0 Å². The van der Waals surface area contributed by atoms with Crippen molar-refractivity contribution in [1.82, 2.24) is 15.0 Å². The molecule has 1 aromatic heterocycles. The first-order valence-corrected chi connectivity index (χ1v) is 3.49. The number of hydrogen-bond donors (Lipinski definition) is 0. The topological polar surface area (TPSA) is 30.7 Å². The van der Waals surface area contributed by atoms with Crippen molar-refractivity contribution in [3.63, 3.8) is 0 Å². The molecule has 0 fully saturated rings. The van der Waals surface area contributed by atoms with Gasteiger partial charge in [-0.3, -0.25) is 0 Å². The zero-order chi connectivity index (χ0) is 7.72. The molecule has 0 bridgehead atoms. The second kappa shape index (κ2) is 2.40. The molecule has 0 saturated carbocycles. The van der Waals surface area contributed by atoms with Crippen LogP contribution in [-0.2, 0) is 7.05 Å². The summed E-state index contributed by atoms with van der Waals surface area (Å²) in [4.78, 5) is 1.62. The van der Waals surface area contributed by atoms with E-state index in [4.69, 9.17) is 0 Å². The van der Waals surface area contributed by atoms with E-state index in [0.717, 1.165) is 11.4 Å². The van der Waals surface area contributed by atoms with Crippen molar-refractivity contribution in [3.05, 3.63) is 11.4 Å². The smallest absolute Gasteiger partial charge is 0.0881 e. The second-order valence-corrected chi connectivity index (χ2v) is 2.81. The van der Waals surface area contributed by atoms with Gasteiger partial charge in [-0.05, 0) is 12.8 Å². The highest BCUT2D eigenvalue weighted by molar-refractivity contribution is 5.10. The quantitative estimate of drug-likeness (QED) is 0.586. The van der Waals surface area contributed by atoms with Crippen molar-refractivity contribution in [2.24, 2.45) is 7.05 Å². The fraction of sp³-hybridized carbons (Fsp3) is 0.714. The Hall–Kier alpha value is -0.860. The Kier molecular flexibility index (Phi) is 1.74. The fourth-order valence-electron chi connectivity index (χ4n) is 1.05. The van der Waals surface area contributed by atoms with Crippen LogP contribution in [0, 0.1) is 6.92 Å². The number of aromatic nitrogens is 3. The van der Waals surface area contributed by atoms with Crippen LogP contribution in [0.4, 0.5) is 0 Å². The van der Waals surface area contributed by atoms with Crippen molar-refractivity contribution >= 4 is 0 Å². The third-order valence-corrected chi connectivity index (χ3v) is 1.46. The van der Waals surface area contributed by atoms with Crippen LogP contribution in [0.2, 0.25) is 0 Å². The molecule has 10 heavy (non-hydrogen) atoms. The summed E-state index contributed by atoms with van der Waals surface area (Å²) in [7, 11) is 1.85. The SMILES string of the molecule is Cc1nn(C)nc1C(C)C. The van der Waals surface area contributed by atoms with E-state index in [9.17, 15) is 0 Å². The zero-order valence-electron chi connectivity index (χ0n) is 6.92. The highest BCUT2D eigenvalue weighted by Crippen LogP contribution is 2.12. The molecule has 0 atom stereocenters. The molecule has 0 aliphatic rings. The van der Waals surface area contributed by atoms with Gasteiger partial charge in [0.2, 0.25) is 0 Å². The summed E-state index contributed by atoms with van der Waals surface area (Å²) >= 11 is 0. The Morgan fingerprint density at radius 3 is 2.10 bits per heavy atom. The lowest BCUT2D eigenvalue weighted by Gasteiger charge is -1.97. The molecule has 0 radical (unpaired) electrons. The molecule has 0 unspecified atom stereocenters. The first kappa shape index (κ1) is 7.25. The van der Waals surface area contributed by atoms with E-state index >= 15 is 0 Å². The number of rotatable bonds is 1. The van der Waals surface area contributed by atoms with Gasteiger partial charge in [-0.25, -0.2) is 0 Å². The highest BCUT2D eigenvalue weighted by atomic mass is 15.5. The van der Waals surface area contributed by atoms with E-state index in [-0.39, 0.29) is 0 Å². The summed E-state index contributed by atoms with van der Waals surface area (Å²) < 4.78 is 0. The minimum absolute atomic E-state index is 0.480. The lowest BCUT2D eigenvalue weighted by Crippen LogP contribution is -1.94. The average molecular weight is 139 g/mol. The lowest BCUT2D eigenvalue weighted by molar-refractivity contribution is 0.635. The number of nitrogens with zero attached hydrogens (tertiary/aromatic N) is 3. The van der Waals surface area contributed by atoms with Crippen LogP contribution in [0.5, 0.6) is 0 Å². The zero-order valence-corrected chi connectivity index (χ0v) is 6.92. The van der Waals surface area contributed by atoms with E-state index in [1.807, 2.05) is 14.0 Å². The predicted molar refractivity (Wildman–Crippen MR) is 39.8 cm³/mol. The molecular weight excluding hydrogens is 126 g/mol. The molecule has 3 nitrogen and oxygen atoms in total. The second-order valence-electron chi connectivity index (χ2n) is 2.81. The maximum absolute atomic E-state index is 4.22. The molecule has 0 aromatic carbocycles. The lowest BCUT2D eigenvalue weighted by atomic mass is 10.1. The number of aryl methyl sites for hydroxylation is 2. The molecule has 1 heterocycles. The van der Waals surface area contributed by atoms with Crippen LogP contribution in [0.3, 0.4) is 0 Å². The first-order valence-electron chi connectivity index (χ1n) is 3.49. The molecule has 0 amide bonds. The van der Waals surface area contributed by atoms with Gasteiger partial charge < -0.3 is 0 Å². The maximum Gasteiger partial charge on any atom is 0.0881 e. The summed E-state index contributed by atoms with van der Waals surface area (Å²) in [5.74, 6) is 0.480. The van der Waals surface area contributed by atoms with Crippen LogP contribution in [0.1, 0.15) is 31.2 Å². The van der Waals surface area contributed by atoms with Crippen LogP contribution < -0.4 is 0 Å². The van der Waals surface area contributed by atoms with Gasteiger partial charge in [0.15, 0.2) is 0 Å². The molecule has 0 saturated heterocycles. The third kappa shape index (κ3) is 1.17. The van der Waals surface area contributed by atoms with Gasteiger partial charge in [0, 0.05) is 7.05 Å². The summed E-state index contributed by atoms with van der Waals surface area (Å²) in [5.41, 5.74) is 2.14. The molecule has 1 rings (SSSR count). The Morgan fingerprint density at radius 1 is 1.30 bits per heavy atom. The average Bonchev–Trinajstić information content (AvgIpc) is 2.10. The van der Waals surface area contributed by atoms with Gasteiger partial charge in [0.25, 0.3) is 0 Å². The summed E-state index contributed by atoms with van der Waals surface area (Å²) in [6.07, 6.45) is 0. The van der Waals surface area contributed by atoms with Gasteiger partial charge in [0.05, 0.1) is 11.4 Å². The molecule has 1 aromatic rings. The molecule has 56 valence electrons. The molecule has 0 N–H and O–H groups in total. The Bertz CT molecular complexity index is 225. The van der Waals surface area contributed by atoms with Crippen LogP contribution in [0.25, 0.3) is 0 Å². The summed E-state index contributed by atoms with van der Waals surface area (Å²) in [6.45, 7) is 6.23. The predicted octanol–water partition coefficient (Wildman–Crippen LogP) is 1.25. The minimum Gasteiger partial charge on any atom is -0.188 e. The standard InChI is InChI=1S/C7H13N3/c1-5(2)7-6(3)8-10(4)9-7/h5H,1-4H3. The molecule has 3 heteroatoms. The normalized spacial score (nSPS) is 10.9.